The number of hydrogen-bond acceptors (Lipinski definition) is 4. The third kappa shape index (κ3) is 4.59. The molecule has 0 atom stereocenters. The maximum atomic E-state index is 12.8. The van der Waals surface area contributed by atoms with Crippen molar-refractivity contribution in [2.24, 2.45) is 0 Å². The van der Waals surface area contributed by atoms with Gasteiger partial charge in [-0.15, -0.1) is 0 Å². The lowest BCUT2D eigenvalue weighted by Crippen LogP contribution is -2.15. The van der Waals surface area contributed by atoms with E-state index in [0.29, 0.717) is 10.8 Å². The number of halogens is 1. The van der Waals surface area contributed by atoms with Crippen molar-refractivity contribution in [2.75, 3.05) is 5.75 Å². The van der Waals surface area contributed by atoms with Crippen molar-refractivity contribution in [3.63, 3.8) is 0 Å². The van der Waals surface area contributed by atoms with Crippen molar-refractivity contribution in [3.05, 3.63) is 82.1 Å². The van der Waals surface area contributed by atoms with E-state index < -0.39 is 0 Å². The van der Waals surface area contributed by atoms with Crippen LogP contribution >= 0.6 is 23.4 Å². The second-order valence-corrected chi connectivity index (χ2v) is 10.4. The van der Waals surface area contributed by atoms with Crippen molar-refractivity contribution in [1.82, 2.24) is 14.6 Å². The van der Waals surface area contributed by atoms with Crippen LogP contribution in [0.3, 0.4) is 0 Å². The summed E-state index contributed by atoms with van der Waals surface area (Å²) in [6.07, 6.45) is 0. The molecule has 0 aliphatic heterocycles. The molecule has 0 radical (unpaired) electrons. The summed E-state index contributed by atoms with van der Waals surface area (Å²) in [5.41, 5.74) is 6.37. The Morgan fingerprint density at radius 1 is 1.03 bits per heavy atom. The van der Waals surface area contributed by atoms with E-state index in [1.54, 1.807) is 0 Å². The molecule has 0 saturated heterocycles. The highest BCUT2D eigenvalue weighted by Crippen LogP contribution is 2.33. The molecule has 4 rings (SSSR count). The summed E-state index contributed by atoms with van der Waals surface area (Å²) < 4.78 is 1.86. The number of rotatable bonds is 5. The first-order chi connectivity index (χ1) is 15.1. The van der Waals surface area contributed by atoms with Gasteiger partial charge in [0.1, 0.15) is 5.03 Å². The van der Waals surface area contributed by atoms with Gasteiger partial charge in [-0.2, -0.15) is 5.10 Å². The summed E-state index contributed by atoms with van der Waals surface area (Å²) in [5, 5.41) is 6.38. The smallest absolute Gasteiger partial charge is 0.173 e. The summed E-state index contributed by atoms with van der Waals surface area (Å²) in [4.78, 5) is 17.8. The second kappa shape index (κ2) is 8.72. The summed E-state index contributed by atoms with van der Waals surface area (Å²) in [6, 6.07) is 17.5. The Hall–Kier alpha value is -2.63. The number of aryl methyl sites for hydroxylation is 2. The molecule has 0 fully saturated rings. The quantitative estimate of drug-likeness (QED) is 0.183. The topological polar surface area (TPSA) is 47.3 Å². The number of ketones is 1. The molecule has 4 nitrogen and oxygen atoms in total. The Morgan fingerprint density at radius 2 is 1.69 bits per heavy atom. The van der Waals surface area contributed by atoms with Crippen LogP contribution < -0.4 is 0 Å². The number of Topliss-reactive ketones (excluding diaryl/α,β-unsaturated/α-hetero) is 1. The highest BCUT2D eigenvalue weighted by Gasteiger charge is 2.23. The fraction of sp³-hybridized carbons (Fsp3) is 0.269. The maximum absolute atomic E-state index is 12.8. The lowest BCUT2D eigenvalue weighted by atomic mass is 9.92. The molecule has 2 aromatic heterocycles. The number of thioether (sulfide) groups is 1. The Labute approximate surface area is 198 Å². The molecule has 2 aromatic carbocycles. The van der Waals surface area contributed by atoms with Crippen molar-refractivity contribution in [3.8, 4) is 11.1 Å². The zero-order valence-corrected chi connectivity index (χ0v) is 20.5. The minimum atomic E-state index is -0.145. The van der Waals surface area contributed by atoms with E-state index in [4.69, 9.17) is 21.7 Å². The molecule has 0 saturated carbocycles. The molecule has 0 bridgehead atoms. The number of nitrogens with zero attached hydrogens (tertiary/aromatic N) is 3. The maximum Gasteiger partial charge on any atom is 0.173 e. The fourth-order valence-corrected chi connectivity index (χ4v) is 4.52. The Balaban J connectivity index is 1.77. The number of carbonyl (C=O) groups excluding carboxylic acids is 1. The van der Waals surface area contributed by atoms with Crippen LogP contribution in [0.5, 0.6) is 0 Å². The van der Waals surface area contributed by atoms with E-state index in [9.17, 15) is 4.79 Å². The summed E-state index contributed by atoms with van der Waals surface area (Å²) in [6.45, 7) is 10.4. The van der Waals surface area contributed by atoms with Crippen LogP contribution in [0.15, 0.2) is 59.6 Å². The number of aromatic nitrogens is 3. The van der Waals surface area contributed by atoms with Gasteiger partial charge >= 0.3 is 0 Å². The molecule has 4 aromatic rings. The van der Waals surface area contributed by atoms with Gasteiger partial charge in [-0.3, -0.25) is 4.79 Å². The van der Waals surface area contributed by atoms with Crippen LogP contribution in [0.25, 0.3) is 16.8 Å². The van der Waals surface area contributed by atoms with Gasteiger partial charge in [0.2, 0.25) is 0 Å². The monoisotopic (exact) mass is 463 g/mol. The predicted molar refractivity (Wildman–Crippen MR) is 133 cm³/mol. The molecule has 164 valence electrons. The summed E-state index contributed by atoms with van der Waals surface area (Å²) in [5.74, 6) is 0.431. The molecule has 2 heterocycles. The molecule has 6 heteroatoms. The lowest BCUT2D eigenvalue weighted by Gasteiger charge is -2.19. The van der Waals surface area contributed by atoms with Crippen LogP contribution in [-0.2, 0) is 5.41 Å². The van der Waals surface area contributed by atoms with Gasteiger partial charge in [0, 0.05) is 21.6 Å². The van der Waals surface area contributed by atoms with Crippen LogP contribution in [0, 0.1) is 13.8 Å². The van der Waals surface area contributed by atoms with Crippen molar-refractivity contribution < 1.29 is 4.79 Å². The number of hydrogen-bond donors (Lipinski definition) is 0. The molecule has 0 amide bonds. The third-order valence-corrected chi connectivity index (χ3v) is 6.60. The molecule has 0 aliphatic carbocycles. The SMILES string of the molecule is Cc1ccc(C(=O)CSc2cc(C(C)(C)C)nc3c(-c4ccc(Cl)cc4)c(C)nn23)cc1. The fourth-order valence-electron chi connectivity index (χ4n) is 3.50. The van der Waals surface area contributed by atoms with E-state index in [2.05, 4.69) is 26.8 Å². The zero-order valence-electron chi connectivity index (χ0n) is 18.9. The number of carbonyl (C=O) groups is 1. The van der Waals surface area contributed by atoms with Gasteiger partial charge in [0.15, 0.2) is 11.4 Å². The average molecular weight is 464 g/mol. The molecule has 0 unspecified atom stereocenters. The van der Waals surface area contributed by atoms with E-state index in [0.717, 1.165) is 44.3 Å². The minimum absolute atomic E-state index is 0.0964. The van der Waals surface area contributed by atoms with Gasteiger partial charge < -0.3 is 0 Å². The van der Waals surface area contributed by atoms with Gasteiger partial charge in [-0.05, 0) is 37.6 Å². The molecule has 0 aliphatic rings. The van der Waals surface area contributed by atoms with Gasteiger partial charge in [-0.1, -0.05) is 86.1 Å². The normalized spacial score (nSPS) is 11.8. The molecule has 0 N–H and O–H groups in total. The first-order valence-electron chi connectivity index (χ1n) is 10.5. The minimum Gasteiger partial charge on any atom is -0.293 e. The van der Waals surface area contributed by atoms with Gasteiger partial charge in [0.25, 0.3) is 0 Å². The van der Waals surface area contributed by atoms with Crippen LogP contribution in [0.4, 0.5) is 0 Å². The van der Waals surface area contributed by atoms with E-state index in [-0.39, 0.29) is 11.2 Å². The Bertz CT molecular complexity index is 1290. The first kappa shape index (κ1) is 22.6. The highest BCUT2D eigenvalue weighted by molar-refractivity contribution is 7.99. The Morgan fingerprint density at radius 3 is 2.31 bits per heavy atom. The summed E-state index contributed by atoms with van der Waals surface area (Å²) >= 11 is 7.60. The third-order valence-electron chi connectivity index (χ3n) is 5.36. The van der Waals surface area contributed by atoms with Gasteiger partial charge in [-0.25, -0.2) is 9.50 Å². The highest BCUT2D eigenvalue weighted by atomic mass is 35.5. The number of fused-ring (bicyclic) bond motifs is 1. The molecule has 32 heavy (non-hydrogen) atoms. The van der Waals surface area contributed by atoms with Crippen LogP contribution in [0.1, 0.15) is 48.1 Å². The van der Waals surface area contributed by atoms with E-state index in [1.165, 1.54) is 11.8 Å². The second-order valence-electron chi connectivity index (χ2n) is 9.01. The van der Waals surface area contributed by atoms with Crippen LogP contribution in [-0.4, -0.2) is 26.1 Å². The zero-order chi connectivity index (χ0) is 23.0. The molecular formula is C26H26ClN3OS. The van der Waals surface area contributed by atoms with Gasteiger partial charge in [0.05, 0.1) is 17.1 Å². The van der Waals surface area contributed by atoms with Crippen molar-refractivity contribution in [2.45, 2.75) is 45.1 Å². The number of benzene rings is 2. The van der Waals surface area contributed by atoms with Crippen molar-refractivity contribution in [1.29, 1.82) is 0 Å². The largest absolute Gasteiger partial charge is 0.293 e. The standard InChI is InChI=1S/C26H26ClN3OS/c1-16-6-8-18(9-7-16)21(31)15-32-23-14-22(26(3,4)5)28-25-24(17(2)29-30(23)25)19-10-12-20(27)13-11-19/h6-14H,15H2,1-5H3. The first-order valence-corrected chi connectivity index (χ1v) is 11.9. The van der Waals surface area contributed by atoms with Crippen LogP contribution in [0.2, 0.25) is 5.02 Å². The van der Waals surface area contributed by atoms with Crippen molar-refractivity contribution >= 4 is 34.8 Å². The lowest BCUT2D eigenvalue weighted by molar-refractivity contribution is 0.102. The Kier molecular flexibility index (Phi) is 6.15. The predicted octanol–water partition coefficient (Wildman–Crippen LogP) is 6.94. The summed E-state index contributed by atoms with van der Waals surface area (Å²) in [7, 11) is 0. The average Bonchev–Trinajstić information content (AvgIpc) is 3.08. The molecule has 0 spiro atoms. The van der Waals surface area contributed by atoms with E-state index >= 15 is 0 Å². The molecular weight excluding hydrogens is 438 g/mol. The van der Waals surface area contributed by atoms with E-state index in [1.807, 2.05) is 66.9 Å².